The minimum absolute atomic E-state index is 0. The van der Waals surface area contributed by atoms with Crippen molar-refractivity contribution < 1.29 is 916 Å². The largest absolute Gasteiger partial charge is 0.195 e. The van der Waals surface area contributed by atoms with Gasteiger partial charge in [-0.3, -0.25) is 0 Å². The molecule has 0 fully saturated rings. The molecule has 0 aliphatic heterocycles. The average Bonchev–Trinajstić information content (AvgIpc) is 2.20. The van der Waals surface area contributed by atoms with Crippen molar-refractivity contribution in [2.24, 2.45) is 0 Å². The molecule has 41 heavy (non-hydrogen) atoms. The van der Waals surface area contributed by atoms with Crippen LogP contribution >= 0.6 is 0 Å². The zero-order valence-electron chi connectivity index (χ0n) is 23.5. The monoisotopic (exact) mass is 2660 g/mol. The van der Waals surface area contributed by atoms with Gasteiger partial charge in [0.2, 0.25) is 0 Å². The summed E-state index contributed by atoms with van der Waals surface area (Å²) in [6.45, 7) is 3.98. The molecule has 0 bridgehead atoms. The van der Waals surface area contributed by atoms with E-state index in [2.05, 4.69) is 19.1 Å². The maximum absolute atomic E-state index is 3.98. The van der Waals surface area contributed by atoms with Crippen LogP contribution in [0.3, 0.4) is 0 Å². The van der Waals surface area contributed by atoms with E-state index in [1.165, 1.54) is 0 Å². The number of hydrogen-bond acceptors (Lipinski definition) is 0. The fraction of sp³-hybridized carbons (Fsp3) is 0. The average molecular weight is 2660 g/mol. The van der Waals surface area contributed by atoms with Crippen LogP contribution in [0, 0.1) is 13.0 Å². The molecule has 2 aromatic rings. The summed E-state index contributed by atoms with van der Waals surface area (Å²) in [5.41, 5.74) is 3.31. The Morgan fingerprint density at radius 1 is 0.317 bits per heavy atom. The van der Waals surface area contributed by atoms with Crippen LogP contribution in [0.4, 0.5) is 0 Å². The standard InChI is InChI=1S/C13H10.28Y/c1-11-7-5-6-10-13(11)12-8-3-2-4-9-12;;;;;;;;;;;;;;;;;;;;;;;;;;;;/h2-8,10H,1H2;;;;;;;;;;;;;;;;;;;;;;;;;;;;/q-2;;;;;;;;;;;;;;;;;;;;;;;;;;;;. The van der Waals surface area contributed by atoms with E-state index in [-0.39, 0.29) is 916 Å². The summed E-state index contributed by atoms with van der Waals surface area (Å²) < 4.78 is 0. The Balaban J connectivity index is -0.00000000280. The van der Waals surface area contributed by atoms with Gasteiger partial charge < -0.3 is 0 Å². The van der Waals surface area contributed by atoms with Gasteiger partial charge in [0.25, 0.3) is 0 Å². The predicted octanol–water partition coefficient (Wildman–Crippen LogP) is 3.27. The van der Waals surface area contributed by atoms with Gasteiger partial charge in [-0.05, 0) is 0 Å². The molecule has 28 radical (unpaired) electrons. The van der Waals surface area contributed by atoms with Crippen LogP contribution in [0.15, 0.2) is 48.5 Å². The molecule has 148 valence electrons. The van der Waals surface area contributed by atoms with Crippen molar-refractivity contribution in [2.75, 3.05) is 0 Å². The molecule has 0 spiro atoms. The van der Waals surface area contributed by atoms with Gasteiger partial charge in [0.15, 0.2) is 0 Å². The Labute approximate surface area is 958 Å². The second-order valence-electron chi connectivity index (χ2n) is 2.93. The van der Waals surface area contributed by atoms with E-state index in [1.54, 1.807) is 0 Å². The van der Waals surface area contributed by atoms with E-state index in [9.17, 15) is 0 Å². The summed E-state index contributed by atoms with van der Waals surface area (Å²) in [7, 11) is 0. The van der Waals surface area contributed by atoms with Crippen LogP contribution in [0.5, 0.6) is 0 Å². The number of rotatable bonds is 1. The number of hydrogen-bond donors (Lipinski definition) is 0. The summed E-state index contributed by atoms with van der Waals surface area (Å²) >= 11 is 0. The molecule has 2 aromatic carbocycles. The first kappa shape index (κ1) is 180. The third-order valence-corrected chi connectivity index (χ3v) is 2.02. The molecule has 0 aromatic heterocycles. The first-order chi connectivity index (χ1) is 6.38. The topological polar surface area (TPSA) is 0 Å². The van der Waals surface area contributed by atoms with E-state index < -0.39 is 0 Å². The Morgan fingerprint density at radius 2 is 0.561 bits per heavy atom. The number of benzene rings is 2. The van der Waals surface area contributed by atoms with Crippen LogP contribution in [0.1, 0.15) is 5.56 Å². The molecule has 0 N–H and O–H groups in total. The molecule has 0 saturated heterocycles. The molecule has 0 nitrogen and oxygen atoms in total. The quantitative estimate of drug-likeness (QED) is 0.386. The van der Waals surface area contributed by atoms with Crippen LogP contribution in [0.2, 0.25) is 0 Å². The van der Waals surface area contributed by atoms with Gasteiger partial charge in [-0.1, -0.05) is 12.1 Å². The molecule has 2 rings (SSSR count). The molecule has 0 heterocycles. The molecular weight excluding hydrogens is 2650 g/mol. The fourth-order valence-electron chi connectivity index (χ4n) is 1.34. The summed E-state index contributed by atoms with van der Waals surface area (Å²) in [4.78, 5) is 0. The van der Waals surface area contributed by atoms with Crippen LogP contribution in [0.25, 0.3) is 11.1 Å². The van der Waals surface area contributed by atoms with E-state index in [4.69, 9.17) is 0 Å². The van der Waals surface area contributed by atoms with Crippen LogP contribution in [-0.2, 0) is 916 Å². The van der Waals surface area contributed by atoms with Gasteiger partial charge in [-0.15, -0.1) is 47.5 Å². The van der Waals surface area contributed by atoms with Gasteiger partial charge >= 0.3 is 0 Å². The molecule has 0 amide bonds. The molecule has 0 aliphatic carbocycles. The smallest absolute Gasteiger partial charge is 0 e. The van der Waals surface area contributed by atoms with Crippen molar-refractivity contribution in [2.45, 2.75) is 0 Å². The molecular formula is C13H10Y28-2. The second-order valence-corrected chi connectivity index (χ2v) is 2.93. The van der Waals surface area contributed by atoms with Crippen molar-refractivity contribution in [1.29, 1.82) is 0 Å². The third-order valence-electron chi connectivity index (χ3n) is 2.02. The van der Waals surface area contributed by atoms with E-state index in [0.717, 1.165) is 16.7 Å². The van der Waals surface area contributed by atoms with Gasteiger partial charge in [-0.2, -0.15) is 18.6 Å². The predicted molar refractivity (Wildman–Crippen MR) is 55.2 cm³/mol. The van der Waals surface area contributed by atoms with Gasteiger partial charge in [0.1, 0.15) is 0 Å². The Bertz CT molecular complexity index is 425. The Hall–Kier alpha value is 29.2. The van der Waals surface area contributed by atoms with E-state index in [1.807, 2.05) is 42.5 Å². The minimum atomic E-state index is 0. The van der Waals surface area contributed by atoms with Crippen molar-refractivity contribution >= 4 is 0 Å². The molecule has 0 saturated carbocycles. The molecule has 0 aliphatic rings. The Morgan fingerprint density at radius 3 is 0.780 bits per heavy atom. The maximum atomic E-state index is 3.98. The normalized spacial score (nSPS) is 3.12. The first-order valence-corrected chi connectivity index (χ1v) is 4.26. The zero-order valence-corrected chi connectivity index (χ0v) is 103. The van der Waals surface area contributed by atoms with Crippen molar-refractivity contribution in [3.63, 3.8) is 0 Å². The van der Waals surface area contributed by atoms with Crippen LogP contribution in [-0.4, -0.2) is 0 Å². The van der Waals surface area contributed by atoms with Crippen LogP contribution < -0.4 is 0 Å². The molecule has 0 atom stereocenters. The van der Waals surface area contributed by atoms with Crippen molar-refractivity contribution in [3.8, 4) is 11.1 Å². The summed E-state index contributed by atoms with van der Waals surface area (Å²) in [5.74, 6) is 0. The van der Waals surface area contributed by atoms with Gasteiger partial charge in [0.05, 0.1) is 0 Å². The van der Waals surface area contributed by atoms with Crippen molar-refractivity contribution in [3.05, 3.63) is 67.1 Å². The minimum Gasteiger partial charge on any atom is -0.195 e. The summed E-state index contributed by atoms with van der Waals surface area (Å²) in [6.07, 6.45) is 0. The summed E-state index contributed by atoms with van der Waals surface area (Å²) in [5, 5.41) is 0. The Kier molecular flexibility index (Phi) is 635. The second kappa shape index (κ2) is 144. The van der Waals surface area contributed by atoms with Gasteiger partial charge in [-0.25, -0.2) is 0 Å². The zero-order chi connectivity index (χ0) is 9.10. The molecule has 0 unspecified atom stereocenters. The maximum Gasteiger partial charge on any atom is 0 e. The molecule has 28 heteroatoms. The SMILES string of the molecule is [CH2-]c1ccccc1-c1[c-]cccc1.[Y].[Y].[Y].[Y].[Y].[Y].[Y].[Y].[Y].[Y].[Y].[Y].[Y].[Y].[Y].[Y].[Y].[Y].[Y].[Y].[Y].[Y].[Y].[Y].[Y].[Y].[Y].[Y]. The van der Waals surface area contributed by atoms with Crippen molar-refractivity contribution in [1.82, 2.24) is 0 Å². The first-order valence-electron chi connectivity index (χ1n) is 4.26. The van der Waals surface area contributed by atoms with E-state index in [0.29, 0.717) is 0 Å². The third kappa shape index (κ3) is 115. The van der Waals surface area contributed by atoms with E-state index >= 15 is 0 Å². The fourth-order valence-corrected chi connectivity index (χ4v) is 1.34. The summed E-state index contributed by atoms with van der Waals surface area (Å²) in [6, 6.07) is 19.2. The van der Waals surface area contributed by atoms with Gasteiger partial charge in [0, 0.05) is 916 Å².